The molecule has 2 unspecified atom stereocenters. The summed E-state index contributed by atoms with van der Waals surface area (Å²) in [4.78, 5) is 46.0. The summed E-state index contributed by atoms with van der Waals surface area (Å²) in [5.74, 6) is -2.54. The maximum Gasteiger partial charge on any atom is 0.312 e. The van der Waals surface area contributed by atoms with Crippen LogP contribution in [0.3, 0.4) is 0 Å². The Morgan fingerprint density at radius 1 is 1.18 bits per heavy atom. The summed E-state index contributed by atoms with van der Waals surface area (Å²) in [6, 6.07) is -1.38. The lowest BCUT2D eigenvalue weighted by atomic mass is 9.66. The number of aliphatic hydroxyl groups excluding tert-OH is 1. The molecule has 3 heterocycles. The summed E-state index contributed by atoms with van der Waals surface area (Å²) < 4.78 is 12.5. The Morgan fingerprint density at radius 2 is 1.90 bits per heavy atom. The van der Waals surface area contributed by atoms with E-state index < -0.39 is 41.1 Å². The molecule has 3 aliphatic heterocycles. The number of carbonyl (C=O) groups excluding carboxylic acids is 3. The number of carbonyl (C=O) groups is 3. The molecule has 0 aromatic heterocycles. The first kappa shape index (κ1) is 29.8. The average Bonchev–Trinajstić information content (AvgIpc) is 3.48. The molecule has 1 spiro atoms. The third-order valence-electron chi connectivity index (χ3n) is 9.69. The Hall–Kier alpha value is -2.19. The Morgan fingerprint density at radius 3 is 2.51 bits per heavy atom. The molecule has 218 valence electrons. The van der Waals surface area contributed by atoms with Gasteiger partial charge in [-0.1, -0.05) is 45.3 Å². The van der Waals surface area contributed by atoms with Gasteiger partial charge in [0.05, 0.1) is 30.8 Å². The van der Waals surface area contributed by atoms with Crippen LogP contribution in [0.15, 0.2) is 25.3 Å². The zero-order chi connectivity index (χ0) is 28.4. The minimum atomic E-state index is -1.12. The number of nitrogens with zero attached hydrogens (tertiary/aromatic N) is 2. The van der Waals surface area contributed by atoms with E-state index in [0.29, 0.717) is 19.4 Å². The highest BCUT2D eigenvalue weighted by molar-refractivity contribution is 5.99. The van der Waals surface area contributed by atoms with Gasteiger partial charge >= 0.3 is 5.97 Å². The molecule has 1 saturated carbocycles. The lowest BCUT2D eigenvalue weighted by Gasteiger charge is -2.43. The van der Waals surface area contributed by atoms with E-state index in [-0.39, 0.29) is 37.0 Å². The fraction of sp³-hybridized carbons (Fsp3) is 0.774. The number of hydrogen-bond donors (Lipinski definition) is 1. The first-order chi connectivity index (χ1) is 18.7. The smallest absolute Gasteiger partial charge is 0.312 e. The van der Waals surface area contributed by atoms with Crippen molar-refractivity contribution in [3.05, 3.63) is 25.3 Å². The van der Waals surface area contributed by atoms with Crippen molar-refractivity contribution < 1.29 is 29.0 Å². The van der Waals surface area contributed by atoms with Crippen molar-refractivity contribution in [2.24, 2.45) is 17.8 Å². The number of hydrogen-bond acceptors (Lipinski definition) is 6. The molecular weight excluding hydrogens is 496 g/mol. The van der Waals surface area contributed by atoms with Crippen molar-refractivity contribution in [1.29, 1.82) is 0 Å². The predicted molar refractivity (Wildman–Crippen MR) is 149 cm³/mol. The van der Waals surface area contributed by atoms with Crippen LogP contribution in [-0.4, -0.2) is 81.8 Å². The second kappa shape index (κ2) is 12.1. The molecule has 1 aliphatic carbocycles. The van der Waals surface area contributed by atoms with E-state index >= 15 is 0 Å². The summed E-state index contributed by atoms with van der Waals surface area (Å²) in [7, 11) is 0. The molecule has 2 bridgehead atoms. The van der Waals surface area contributed by atoms with Gasteiger partial charge < -0.3 is 24.4 Å². The average molecular weight is 545 g/mol. The van der Waals surface area contributed by atoms with Gasteiger partial charge in [-0.05, 0) is 57.8 Å². The maximum atomic E-state index is 14.6. The van der Waals surface area contributed by atoms with Crippen molar-refractivity contribution in [3.63, 3.8) is 0 Å². The number of likely N-dealkylation sites (tertiary alicyclic amines) is 1. The standard InChI is InChI=1S/C31H48N2O6/c1-6-8-9-13-19-38-29(37)25-24-27(35)33(23(20-34)21(3)4)26(31(24)17-16-30(25,5)39-31)28(36)32(18-7-2)22-14-11-10-12-15-22/h6-7,21-26,34H,1-2,8-20H2,3-5H3/t23-,24-,25+,26?,30-,31?/m0/s1. The fourth-order valence-corrected chi connectivity index (χ4v) is 7.74. The van der Waals surface area contributed by atoms with Gasteiger partial charge in [-0.15, -0.1) is 13.2 Å². The zero-order valence-electron chi connectivity index (χ0n) is 24.1. The number of amides is 2. The van der Waals surface area contributed by atoms with Gasteiger partial charge in [0.25, 0.3) is 0 Å². The largest absolute Gasteiger partial charge is 0.465 e. The molecule has 8 heteroatoms. The van der Waals surface area contributed by atoms with Crippen molar-refractivity contribution in [2.45, 2.75) is 114 Å². The lowest BCUT2D eigenvalue weighted by Crippen LogP contribution is -2.61. The Labute approximate surface area is 233 Å². The minimum Gasteiger partial charge on any atom is -0.465 e. The first-order valence-corrected chi connectivity index (χ1v) is 15.0. The lowest BCUT2D eigenvalue weighted by molar-refractivity contribution is -0.163. The molecule has 0 aromatic rings. The van der Waals surface area contributed by atoms with E-state index in [0.717, 1.165) is 51.4 Å². The zero-order valence-corrected chi connectivity index (χ0v) is 24.1. The summed E-state index contributed by atoms with van der Waals surface area (Å²) in [5.41, 5.74) is -1.99. The SMILES string of the molecule is C=CCCCCOC(=O)[C@H]1[C@H]2C(=O)N([C@@H](CO)C(C)C)C(C(=O)N(CC=C)C3CCCCC3)C23CC[C@]1(C)O3. The first-order valence-electron chi connectivity index (χ1n) is 15.0. The van der Waals surface area contributed by atoms with Crippen molar-refractivity contribution in [2.75, 3.05) is 19.8 Å². The van der Waals surface area contributed by atoms with Gasteiger partial charge in [0.2, 0.25) is 11.8 Å². The number of ether oxygens (including phenoxy) is 2. The molecule has 0 radical (unpaired) electrons. The molecule has 4 rings (SSSR count). The number of aliphatic hydroxyl groups is 1. The number of unbranched alkanes of at least 4 members (excludes halogenated alkanes) is 2. The van der Waals surface area contributed by atoms with E-state index in [1.807, 2.05) is 31.7 Å². The number of fused-ring (bicyclic) bond motifs is 1. The molecule has 39 heavy (non-hydrogen) atoms. The quantitative estimate of drug-likeness (QED) is 0.214. The summed E-state index contributed by atoms with van der Waals surface area (Å²) >= 11 is 0. The highest BCUT2D eigenvalue weighted by Crippen LogP contribution is 2.64. The van der Waals surface area contributed by atoms with Crippen LogP contribution in [0.1, 0.15) is 85.0 Å². The number of esters is 1. The molecule has 1 N–H and O–H groups in total. The van der Waals surface area contributed by atoms with Crippen LogP contribution >= 0.6 is 0 Å². The topological polar surface area (TPSA) is 96.4 Å². The van der Waals surface area contributed by atoms with Crippen LogP contribution < -0.4 is 0 Å². The normalized spacial score (nSPS) is 32.8. The van der Waals surface area contributed by atoms with Crippen molar-refractivity contribution in [3.8, 4) is 0 Å². The number of allylic oxidation sites excluding steroid dienone is 1. The van der Waals surface area contributed by atoms with Gasteiger partial charge in [-0.2, -0.15) is 0 Å². The molecule has 6 atom stereocenters. The Balaban J connectivity index is 1.71. The molecule has 2 amide bonds. The van der Waals surface area contributed by atoms with Gasteiger partial charge in [0.1, 0.15) is 17.6 Å². The second-order valence-corrected chi connectivity index (χ2v) is 12.5. The molecule has 4 aliphatic rings. The monoisotopic (exact) mass is 544 g/mol. The highest BCUT2D eigenvalue weighted by atomic mass is 16.6. The Kier molecular flexibility index (Phi) is 9.26. The van der Waals surface area contributed by atoms with Crippen LogP contribution in [0.5, 0.6) is 0 Å². The summed E-state index contributed by atoms with van der Waals surface area (Å²) in [5, 5.41) is 10.4. The van der Waals surface area contributed by atoms with Gasteiger partial charge in [0.15, 0.2) is 0 Å². The summed E-state index contributed by atoms with van der Waals surface area (Å²) in [6.07, 6.45) is 12.2. The number of rotatable bonds is 13. The van der Waals surface area contributed by atoms with Crippen LogP contribution in [0.2, 0.25) is 0 Å². The second-order valence-electron chi connectivity index (χ2n) is 12.5. The third kappa shape index (κ3) is 5.19. The predicted octanol–water partition coefficient (Wildman–Crippen LogP) is 4.01. The fourth-order valence-electron chi connectivity index (χ4n) is 7.74. The van der Waals surface area contributed by atoms with E-state index in [4.69, 9.17) is 9.47 Å². The van der Waals surface area contributed by atoms with Gasteiger partial charge in [-0.3, -0.25) is 14.4 Å². The molecule has 8 nitrogen and oxygen atoms in total. The molecule has 4 fully saturated rings. The van der Waals surface area contributed by atoms with E-state index in [9.17, 15) is 19.5 Å². The highest BCUT2D eigenvalue weighted by Gasteiger charge is 2.79. The van der Waals surface area contributed by atoms with Crippen LogP contribution in [0.25, 0.3) is 0 Å². The van der Waals surface area contributed by atoms with Crippen LogP contribution in [-0.2, 0) is 23.9 Å². The van der Waals surface area contributed by atoms with Crippen molar-refractivity contribution in [1.82, 2.24) is 9.80 Å². The molecule has 0 aromatic carbocycles. The molecule has 3 saturated heterocycles. The van der Waals surface area contributed by atoms with Gasteiger partial charge in [-0.25, -0.2) is 0 Å². The van der Waals surface area contributed by atoms with E-state index in [2.05, 4.69) is 13.2 Å². The maximum absolute atomic E-state index is 14.6. The van der Waals surface area contributed by atoms with E-state index in [1.165, 1.54) is 0 Å². The minimum absolute atomic E-state index is 0.0776. The van der Waals surface area contributed by atoms with E-state index in [1.54, 1.807) is 11.0 Å². The van der Waals surface area contributed by atoms with Crippen LogP contribution in [0, 0.1) is 17.8 Å². The summed E-state index contributed by atoms with van der Waals surface area (Å²) in [6.45, 7) is 13.8. The third-order valence-corrected chi connectivity index (χ3v) is 9.69. The van der Waals surface area contributed by atoms with Crippen LogP contribution in [0.4, 0.5) is 0 Å². The van der Waals surface area contributed by atoms with Crippen molar-refractivity contribution >= 4 is 17.8 Å². The molecular formula is C31H48N2O6. The van der Waals surface area contributed by atoms with Gasteiger partial charge in [0, 0.05) is 12.6 Å². The Bertz CT molecular complexity index is 945.